The lowest BCUT2D eigenvalue weighted by atomic mass is 10.1. The smallest absolute Gasteiger partial charge is 0.0626 e. The normalized spacial score (nSPS) is 10.3. The Morgan fingerprint density at radius 3 is 2.89 bits per heavy atom. The van der Waals surface area contributed by atoms with E-state index in [1.54, 1.807) is 0 Å². The molecular formula is C14H16BrN3. The van der Waals surface area contributed by atoms with E-state index in [0.29, 0.717) is 6.54 Å². The lowest BCUT2D eigenvalue weighted by molar-refractivity contribution is 0.972. The molecule has 2 aromatic rings. The zero-order chi connectivity index (χ0) is 13.0. The van der Waals surface area contributed by atoms with Crippen LogP contribution >= 0.6 is 15.9 Å². The molecule has 2 rings (SSSR count). The van der Waals surface area contributed by atoms with Crippen LogP contribution in [0.15, 0.2) is 41.0 Å². The molecular weight excluding hydrogens is 290 g/mol. The van der Waals surface area contributed by atoms with Crippen molar-refractivity contribution in [3.05, 3.63) is 52.3 Å². The van der Waals surface area contributed by atoms with Gasteiger partial charge in [0.05, 0.1) is 23.6 Å². The standard InChI is InChI=1S/C14H16BrN3/c1-2-10-4-3-7-17-14(10)9-18-13-6-5-11(15)8-12(13)16/h3-8,18H,2,9,16H2,1H3. The van der Waals surface area contributed by atoms with Crippen molar-refractivity contribution in [2.24, 2.45) is 0 Å². The minimum atomic E-state index is 0.690. The molecule has 0 atom stereocenters. The first-order chi connectivity index (χ1) is 8.70. The fourth-order valence-corrected chi connectivity index (χ4v) is 2.20. The van der Waals surface area contributed by atoms with Crippen LogP contribution in [0.25, 0.3) is 0 Å². The van der Waals surface area contributed by atoms with Crippen LogP contribution in [0.3, 0.4) is 0 Å². The van der Waals surface area contributed by atoms with E-state index in [1.165, 1.54) is 5.56 Å². The van der Waals surface area contributed by atoms with Gasteiger partial charge >= 0.3 is 0 Å². The van der Waals surface area contributed by atoms with Crippen LogP contribution in [-0.4, -0.2) is 4.98 Å². The molecule has 0 aliphatic carbocycles. The molecule has 94 valence electrons. The molecule has 0 aliphatic rings. The summed E-state index contributed by atoms with van der Waals surface area (Å²) in [6.07, 6.45) is 2.81. The van der Waals surface area contributed by atoms with Crippen LogP contribution in [0.1, 0.15) is 18.2 Å². The Kier molecular flexibility index (Phi) is 4.20. The number of nitrogens with one attached hydrogen (secondary N) is 1. The summed E-state index contributed by atoms with van der Waals surface area (Å²) in [5.41, 5.74) is 9.95. The first-order valence-electron chi connectivity index (χ1n) is 5.92. The SMILES string of the molecule is CCc1cccnc1CNc1ccc(Br)cc1N. The number of halogens is 1. The van der Waals surface area contributed by atoms with E-state index in [0.717, 1.165) is 28.0 Å². The van der Waals surface area contributed by atoms with Crippen LogP contribution in [0.2, 0.25) is 0 Å². The number of rotatable bonds is 4. The Morgan fingerprint density at radius 2 is 2.17 bits per heavy atom. The van der Waals surface area contributed by atoms with Crippen molar-refractivity contribution in [3.63, 3.8) is 0 Å². The fraction of sp³-hybridized carbons (Fsp3) is 0.214. The molecule has 0 fully saturated rings. The number of nitrogens with two attached hydrogens (primary N) is 1. The van der Waals surface area contributed by atoms with E-state index < -0.39 is 0 Å². The Morgan fingerprint density at radius 1 is 1.33 bits per heavy atom. The number of aromatic nitrogens is 1. The van der Waals surface area contributed by atoms with Gasteiger partial charge in [0.2, 0.25) is 0 Å². The van der Waals surface area contributed by atoms with Crippen molar-refractivity contribution in [1.82, 2.24) is 4.98 Å². The van der Waals surface area contributed by atoms with Crippen molar-refractivity contribution < 1.29 is 0 Å². The second-order valence-electron chi connectivity index (χ2n) is 4.05. The number of nitrogens with zero attached hydrogens (tertiary/aromatic N) is 1. The van der Waals surface area contributed by atoms with Crippen LogP contribution in [0.4, 0.5) is 11.4 Å². The number of benzene rings is 1. The molecule has 0 spiro atoms. The summed E-state index contributed by atoms with van der Waals surface area (Å²) in [6, 6.07) is 9.90. The van der Waals surface area contributed by atoms with Crippen molar-refractivity contribution in [2.75, 3.05) is 11.1 Å². The summed E-state index contributed by atoms with van der Waals surface area (Å²) in [5, 5.41) is 3.32. The highest BCUT2D eigenvalue weighted by molar-refractivity contribution is 9.10. The lowest BCUT2D eigenvalue weighted by Crippen LogP contribution is -2.06. The molecule has 0 radical (unpaired) electrons. The zero-order valence-electron chi connectivity index (χ0n) is 10.3. The molecule has 1 heterocycles. The van der Waals surface area contributed by atoms with Gasteiger partial charge in [-0.05, 0) is 36.2 Å². The monoisotopic (exact) mass is 305 g/mol. The first-order valence-corrected chi connectivity index (χ1v) is 6.71. The van der Waals surface area contributed by atoms with Gasteiger partial charge < -0.3 is 11.1 Å². The van der Waals surface area contributed by atoms with Crippen LogP contribution < -0.4 is 11.1 Å². The molecule has 0 bridgehead atoms. The third-order valence-electron chi connectivity index (χ3n) is 2.83. The molecule has 0 aliphatic heterocycles. The summed E-state index contributed by atoms with van der Waals surface area (Å²) in [6.45, 7) is 2.82. The Labute approximate surface area is 116 Å². The maximum absolute atomic E-state index is 5.94. The lowest BCUT2D eigenvalue weighted by Gasteiger charge is -2.11. The molecule has 0 saturated carbocycles. The quantitative estimate of drug-likeness (QED) is 0.849. The molecule has 18 heavy (non-hydrogen) atoms. The molecule has 1 aromatic carbocycles. The number of hydrogen-bond acceptors (Lipinski definition) is 3. The van der Waals surface area contributed by atoms with Gasteiger partial charge in [-0.3, -0.25) is 4.98 Å². The van der Waals surface area contributed by atoms with Gasteiger partial charge in [-0.15, -0.1) is 0 Å². The number of aryl methyl sites for hydroxylation is 1. The molecule has 0 saturated heterocycles. The van der Waals surface area contributed by atoms with Gasteiger partial charge in [0.1, 0.15) is 0 Å². The van der Waals surface area contributed by atoms with Gasteiger partial charge in [-0.2, -0.15) is 0 Å². The van der Waals surface area contributed by atoms with Crippen molar-refractivity contribution in [2.45, 2.75) is 19.9 Å². The number of hydrogen-bond donors (Lipinski definition) is 2. The highest BCUT2D eigenvalue weighted by atomic mass is 79.9. The Hall–Kier alpha value is -1.55. The summed E-state index contributed by atoms with van der Waals surface area (Å²) in [7, 11) is 0. The van der Waals surface area contributed by atoms with Gasteiger partial charge in [0.25, 0.3) is 0 Å². The molecule has 0 unspecified atom stereocenters. The van der Waals surface area contributed by atoms with E-state index in [1.807, 2.05) is 30.5 Å². The number of nitrogen functional groups attached to an aromatic ring is 1. The predicted octanol–water partition coefficient (Wildman–Crippen LogP) is 3.60. The predicted molar refractivity (Wildman–Crippen MR) is 79.5 cm³/mol. The molecule has 3 nitrogen and oxygen atoms in total. The Balaban J connectivity index is 2.11. The second kappa shape index (κ2) is 5.87. The van der Waals surface area contributed by atoms with Crippen LogP contribution in [0.5, 0.6) is 0 Å². The second-order valence-corrected chi connectivity index (χ2v) is 4.96. The summed E-state index contributed by atoms with van der Waals surface area (Å²) < 4.78 is 0.984. The van der Waals surface area contributed by atoms with Crippen molar-refractivity contribution in [1.29, 1.82) is 0 Å². The summed E-state index contributed by atoms with van der Waals surface area (Å²) in [5.74, 6) is 0. The summed E-state index contributed by atoms with van der Waals surface area (Å²) >= 11 is 3.39. The summed E-state index contributed by atoms with van der Waals surface area (Å²) in [4.78, 5) is 4.40. The largest absolute Gasteiger partial charge is 0.397 e. The first kappa shape index (κ1) is 12.9. The highest BCUT2D eigenvalue weighted by Gasteiger charge is 2.03. The maximum atomic E-state index is 5.94. The fourth-order valence-electron chi connectivity index (χ4n) is 1.83. The Bertz CT molecular complexity index is 540. The van der Waals surface area contributed by atoms with Crippen LogP contribution in [-0.2, 0) is 13.0 Å². The zero-order valence-corrected chi connectivity index (χ0v) is 11.9. The molecule has 3 N–H and O–H groups in total. The van der Waals surface area contributed by atoms with E-state index in [2.05, 4.69) is 39.2 Å². The molecule has 4 heteroatoms. The van der Waals surface area contributed by atoms with Gasteiger partial charge in [-0.25, -0.2) is 0 Å². The third kappa shape index (κ3) is 3.01. The average Bonchev–Trinajstić information content (AvgIpc) is 2.38. The van der Waals surface area contributed by atoms with Gasteiger partial charge in [0, 0.05) is 10.7 Å². The maximum Gasteiger partial charge on any atom is 0.0626 e. The number of anilines is 2. The third-order valence-corrected chi connectivity index (χ3v) is 3.32. The average molecular weight is 306 g/mol. The van der Waals surface area contributed by atoms with Crippen LogP contribution in [0, 0.1) is 0 Å². The van der Waals surface area contributed by atoms with E-state index in [4.69, 9.17) is 5.73 Å². The minimum Gasteiger partial charge on any atom is -0.397 e. The van der Waals surface area contributed by atoms with Gasteiger partial charge in [-0.1, -0.05) is 28.9 Å². The number of pyridine rings is 1. The molecule has 0 amide bonds. The topological polar surface area (TPSA) is 50.9 Å². The van der Waals surface area contributed by atoms with Gasteiger partial charge in [0.15, 0.2) is 0 Å². The van der Waals surface area contributed by atoms with Crippen molar-refractivity contribution in [3.8, 4) is 0 Å². The van der Waals surface area contributed by atoms with E-state index >= 15 is 0 Å². The minimum absolute atomic E-state index is 0.690. The molecule has 1 aromatic heterocycles. The van der Waals surface area contributed by atoms with E-state index in [-0.39, 0.29) is 0 Å². The van der Waals surface area contributed by atoms with Crippen molar-refractivity contribution >= 4 is 27.3 Å². The van der Waals surface area contributed by atoms with E-state index in [9.17, 15) is 0 Å². The highest BCUT2D eigenvalue weighted by Crippen LogP contribution is 2.23.